The van der Waals surface area contributed by atoms with Crippen molar-refractivity contribution in [1.82, 2.24) is 19.7 Å². The van der Waals surface area contributed by atoms with Gasteiger partial charge in [-0.05, 0) is 30.9 Å². The molecule has 0 unspecified atom stereocenters. The van der Waals surface area contributed by atoms with E-state index in [1.165, 1.54) is 16.1 Å². The summed E-state index contributed by atoms with van der Waals surface area (Å²) in [6, 6.07) is 8.34. The van der Waals surface area contributed by atoms with Gasteiger partial charge in [-0.3, -0.25) is 14.6 Å². The first-order valence-corrected chi connectivity index (χ1v) is 10.6. The molecule has 1 amide bonds. The molecule has 0 aliphatic carbocycles. The SMILES string of the molecule is C[C@H]1CCCN(C(=O)CN2CCN(Cc3nc4ccccc4s3)CC2)C1. The fourth-order valence-electron chi connectivity index (χ4n) is 3.99. The Morgan fingerprint density at radius 3 is 2.69 bits per heavy atom. The Morgan fingerprint density at radius 2 is 1.92 bits per heavy atom. The fraction of sp³-hybridized carbons (Fsp3) is 0.600. The van der Waals surface area contributed by atoms with Crippen molar-refractivity contribution < 1.29 is 4.79 Å². The van der Waals surface area contributed by atoms with E-state index in [0.29, 0.717) is 18.4 Å². The van der Waals surface area contributed by atoms with Crippen molar-refractivity contribution in [2.45, 2.75) is 26.3 Å². The molecule has 1 atom stereocenters. The second-order valence-corrected chi connectivity index (χ2v) is 8.83. The van der Waals surface area contributed by atoms with Crippen LogP contribution < -0.4 is 0 Å². The van der Waals surface area contributed by atoms with E-state index in [1.807, 2.05) is 6.07 Å². The van der Waals surface area contributed by atoms with Gasteiger partial charge in [-0.25, -0.2) is 4.98 Å². The topological polar surface area (TPSA) is 39.7 Å². The molecular weight excluding hydrogens is 344 g/mol. The lowest BCUT2D eigenvalue weighted by Crippen LogP contribution is -2.50. The van der Waals surface area contributed by atoms with Crippen LogP contribution in [0.4, 0.5) is 0 Å². The van der Waals surface area contributed by atoms with E-state index in [2.05, 4.69) is 39.8 Å². The number of hydrogen-bond acceptors (Lipinski definition) is 5. The Balaban J connectivity index is 1.25. The summed E-state index contributed by atoms with van der Waals surface area (Å²) in [5.74, 6) is 0.967. The maximum atomic E-state index is 12.5. The fourth-order valence-corrected chi connectivity index (χ4v) is 5.00. The van der Waals surface area contributed by atoms with Crippen LogP contribution in [-0.2, 0) is 11.3 Å². The molecule has 4 rings (SSSR count). The standard InChI is InChI=1S/C20H28N4OS/c1-16-5-4-8-24(13-16)20(25)15-23-11-9-22(10-12-23)14-19-21-17-6-2-3-7-18(17)26-19/h2-3,6-7,16H,4-5,8-15H2,1H3/t16-/m0/s1. The van der Waals surface area contributed by atoms with Gasteiger partial charge in [-0.15, -0.1) is 11.3 Å². The lowest BCUT2D eigenvalue weighted by molar-refractivity contribution is -0.134. The van der Waals surface area contributed by atoms with Crippen molar-refractivity contribution in [1.29, 1.82) is 0 Å². The van der Waals surface area contributed by atoms with E-state index >= 15 is 0 Å². The Hall–Kier alpha value is -1.50. The van der Waals surface area contributed by atoms with Gasteiger partial charge in [-0.1, -0.05) is 19.1 Å². The monoisotopic (exact) mass is 372 g/mol. The summed E-state index contributed by atoms with van der Waals surface area (Å²) in [4.78, 5) is 24.1. The minimum atomic E-state index is 0.316. The van der Waals surface area contributed by atoms with Crippen LogP contribution in [0.25, 0.3) is 10.2 Å². The number of para-hydroxylation sites is 1. The lowest BCUT2D eigenvalue weighted by atomic mass is 10.0. The van der Waals surface area contributed by atoms with Gasteiger partial charge < -0.3 is 4.90 Å². The van der Waals surface area contributed by atoms with Crippen molar-refractivity contribution in [3.8, 4) is 0 Å². The number of rotatable bonds is 4. The van der Waals surface area contributed by atoms with Crippen molar-refractivity contribution in [2.75, 3.05) is 45.8 Å². The zero-order valence-corrected chi connectivity index (χ0v) is 16.4. The molecule has 0 bridgehead atoms. The van der Waals surface area contributed by atoms with Crippen LogP contribution in [0.3, 0.4) is 0 Å². The van der Waals surface area contributed by atoms with Crippen LogP contribution in [0, 0.1) is 5.92 Å². The molecule has 2 aromatic rings. The second-order valence-electron chi connectivity index (χ2n) is 7.71. The van der Waals surface area contributed by atoms with Crippen molar-refractivity contribution in [2.24, 2.45) is 5.92 Å². The first-order valence-electron chi connectivity index (χ1n) is 9.74. The molecule has 5 nitrogen and oxygen atoms in total. The third-order valence-corrected chi connectivity index (χ3v) is 6.55. The van der Waals surface area contributed by atoms with E-state index in [4.69, 9.17) is 4.98 Å². The highest BCUT2D eigenvalue weighted by atomic mass is 32.1. The van der Waals surface area contributed by atoms with Gasteiger partial charge in [0.15, 0.2) is 0 Å². The first kappa shape index (κ1) is 17.9. The third kappa shape index (κ3) is 4.24. The van der Waals surface area contributed by atoms with E-state index in [9.17, 15) is 4.79 Å². The lowest BCUT2D eigenvalue weighted by Gasteiger charge is -2.36. The minimum absolute atomic E-state index is 0.316. The van der Waals surface area contributed by atoms with E-state index < -0.39 is 0 Å². The number of hydrogen-bond donors (Lipinski definition) is 0. The number of benzene rings is 1. The molecule has 3 heterocycles. The maximum Gasteiger partial charge on any atom is 0.236 e. The number of nitrogens with zero attached hydrogens (tertiary/aromatic N) is 4. The highest BCUT2D eigenvalue weighted by Gasteiger charge is 2.25. The average Bonchev–Trinajstić information content (AvgIpc) is 3.05. The van der Waals surface area contributed by atoms with Gasteiger partial charge in [0, 0.05) is 39.3 Å². The zero-order valence-electron chi connectivity index (χ0n) is 15.6. The summed E-state index contributed by atoms with van der Waals surface area (Å²) in [6.07, 6.45) is 2.41. The number of carbonyl (C=O) groups excluding carboxylic acids is 1. The molecule has 6 heteroatoms. The number of aromatic nitrogens is 1. The number of likely N-dealkylation sites (tertiary alicyclic amines) is 1. The Labute approximate surface area is 159 Å². The largest absolute Gasteiger partial charge is 0.341 e. The van der Waals surface area contributed by atoms with E-state index in [0.717, 1.165) is 57.8 Å². The number of piperazine rings is 1. The Morgan fingerprint density at radius 1 is 1.15 bits per heavy atom. The van der Waals surface area contributed by atoms with Crippen LogP contribution >= 0.6 is 11.3 Å². The molecule has 1 aromatic heterocycles. The van der Waals surface area contributed by atoms with Gasteiger partial charge in [0.25, 0.3) is 0 Å². The zero-order chi connectivity index (χ0) is 17.9. The molecule has 2 aliphatic rings. The summed E-state index contributed by atoms with van der Waals surface area (Å²) < 4.78 is 1.27. The number of thiazole rings is 1. The highest BCUT2D eigenvalue weighted by Crippen LogP contribution is 2.23. The summed E-state index contributed by atoms with van der Waals surface area (Å²) >= 11 is 1.79. The molecule has 2 saturated heterocycles. The third-order valence-electron chi connectivity index (χ3n) is 5.53. The van der Waals surface area contributed by atoms with Crippen LogP contribution in [0.2, 0.25) is 0 Å². The molecule has 2 aliphatic heterocycles. The van der Waals surface area contributed by atoms with Gasteiger partial charge >= 0.3 is 0 Å². The van der Waals surface area contributed by atoms with Crippen LogP contribution in [0.1, 0.15) is 24.8 Å². The molecule has 0 spiro atoms. The maximum absolute atomic E-state index is 12.5. The summed E-state index contributed by atoms with van der Waals surface area (Å²) in [7, 11) is 0. The van der Waals surface area contributed by atoms with Crippen molar-refractivity contribution >= 4 is 27.5 Å². The number of carbonyl (C=O) groups is 1. The molecular formula is C20H28N4OS. The normalized spacial score (nSPS) is 22.8. The Kier molecular flexibility index (Phi) is 5.52. The van der Waals surface area contributed by atoms with Crippen molar-refractivity contribution in [3.63, 3.8) is 0 Å². The summed E-state index contributed by atoms with van der Waals surface area (Å²) in [5.41, 5.74) is 1.10. The van der Waals surface area contributed by atoms with E-state index in [1.54, 1.807) is 11.3 Å². The first-order chi connectivity index (χ1) is 12.7. The summed E-state index contributed by atoms with van der Waals surface area (Å²) in [5, 5.41) is 1.19. The molecule has 0 radical (unpaired) electrons. The van der Waals surface area contributed by atoms with Gasteiger partial charge in [0.2, 0.25) is 5.91 Å². The molecule has 0 N–H and O–H groups in total. The van der Waals surface area contributed by atoms with Gasteiger partial charge in [-0.2, -0.15) is 0 Å². The quantitative estimate of drug-likeness (QED) is 0.827. The molecule has 2 fully saturated rings. The number of amides is 1. The molecule has 140 valence electrons. The van der Waals surface area contributed by atoms with Gasteiger partial charge in [0.1, 0.15) is 5.01 Å². The van der Waals surface area contributed by atoms with Crippen LogP contribution in [0.15, 0.2) is 24.3 Å². The summed E-state index contributed by atoms with van der Waals surface area (Å²) in [6.45, 7) is 9.61. The molecule has 1 aromatic carbocycles. The number of piperidine rings is 1. The smallest absolute Gasteiger partial charge is 0.236 e. The average molecular weight is 373 g/mol. The minimum Gasteiger partial charge on any atom is -0.341 e. The Bertz CT molecular complexity index is 720. The van der Waals surface area contributed by atoms with Crippen LogP contribution in [0.5, 0.6) is 0 Å². The number of fused-ring (bicyclic) bond motifs is 1. The van der Waals surface area contributed by atoms with Gasteiger partial charge in [0.05, 0.1) is 23.3 Å². The van der Waals surface area contributed by atoms with E-state index in [-0.39, 0.29) is 0 Å². The predicted molar refractivity (Wildman–Crippen MR) is 106 cm³/mol. The predicted octanol–water partition coefficient (Wildman–Crippen LogP) is 2.67. The van der Waals surface area contributed by atoms with Crippen molar-refractivity contribution in [3.05, 3.63) is 29.3 Å². The molecule has 0 saturated carbocycles. The van der Waals surface area contributed by atoms with Crippen LogP contribution in [-0.4, -0.2) is 71.4 Å². The highest BCUT2D eigenvalue weighted by molar-refractivity contribution is 7.18. The molecule has 26 heavy (non-hydrogen) atoms. The second kappa shape index (κ2) is 8.03.